The van der Waals surface area contributed by atoms with Gasteiger partial charge in [-0.3, -0.25) is 9.36 Å². The van der Waals surface area contributed by atoms with Crippen LogP contribution in [0, 0.1) is 0 Å². The lowest BCUT2D eigenvalue weighted by atomic mass is 10.0. The highest BCUT2D eigenvalue weighted by molar-refractivity contribution is 7.45. The minimum atomic E-state index is -4.54. The number of phosphoric acid groups is 1. The molecule has 0 aromatic rings. The summed E-state index contributed by atoms with van der Waals surface area (Å²) in [7, 11) is 1.36. The number of hydrogen-bond acceptors (Lipinski definition) is 7. The number of phosphoric ester groups is 1. The van der Waals surface area contributed by atoms with Crippen LogP contribution in [0.15, 0.2) is 48.6 Å². The van der Waals surface area contributed by atoms with Gasteiger partial charge < -0.3 is 27.9 Å². The van der Waals surface area contributed by atoms with Gasteiger partial charge in [0.2, 0.25) is 0 Å². The van der Waals surface area contributed by atoms with Gasteiger partial charge in [0.1, 0.15) is 19.3 Å². The topological polar surface area (TPSA) is 94.1 Å². The van der Waals surface area contributed by atoms with Crippen molar-refractivity contribution in [2.45, 2.75) is 290 Å². The van der Waals surface area contributed by atoms with E-state index >= 15 is 0 Å². The van der Waals surface area contributed by atoms with Crippen molar-refractivity contribution in [1.82, 2.24) is 0 Å². The third kappa shape index (κ3) is 59.2. The van der Waals surface area contributed by atoms with Gasteiger partial charge in [-0.05, 0) is 77.0 Å². The van der Waals surface area contributed by atoms with Gasteiger partial charge in [-0.1, -0.05) is 249 Å². The van der Waals surface area contributed by atoms with Gasteiger partial charge >= 0.3 is 5.97 Å². The second-order valence-electron chi connectivity index (χ2n) is 21.7. The molecule has 418 valence electrons. The Morgan fingerprint density at radius 2 is 0.775 bits per heavy atom. The number of allylic oxidation sites excluding steroid dienone is 8. The van der Waals surface area contributed by atoms with E-state index in [2.05, 4.69) is 62.5 Å². The zero-order valence-electron chi connectivity index (χ0n) is 47.7. The van der Waals surface area contributed by atoms with Crippen molar-refractivity contribution >= 4 is 13.8 Å². The highest BCUT2D eigenvalue weighted by atomic mass is 31.2. The molecule has 0 bridgehead atoms. The van der Waals surface area contributed by atoms with E-state index in [0.29, 0.717) is 24.1 Å². The molecular weight excluding hydrogens is 902 g/mol. The van der Waals surface area contributed by atoms with Crippen molar-refractivity contribution in [2.75, 3.05) is 54.1 Å². The van der Waals surface area contributed by atoms with Crippen molar-refractivity contribution < 1.29 is 37.3 Å². The maximum absolute atomic E-state index is 12.8. The zero-order chi connectivity index (χ0) is 51.9. The molecule has 0 fully saturated rings. The van der Waals surface area contributed by atoms with E-state index in [0.717, 1.165) is 44.9 Å². The van der Waals surface area contributed by atoms with E-state index in [-0.39, 0.29) is 25.8 Å². The highest BCUT2D eigenvalue weighted by Crippen LogP contribution is 2.38. The summed E-state index contributed by atoms with van der Waals surface area (Å²) in [6.45, 7) is 5.44. The fourth-order valence-corrected chi connectivity index (χ4v) is 9.40. The first-order valence-corrected chi connectivity index (χ1v) is 31.8. The molecule has 71 heavy (non-hydrogen) atoms. The molecule has 0 heterocycles. The molecule has 0 aromatic carbocycles. The van der Waals surface area contributed by atoms with Crippen molar-refractivity contribution in [3.05, 3.63) is 48.6 Å². The van der Waals surface area contributed by atoms with Gasteiger partial charge in [-0.2, -0.15) is 0 Å². The molecule has 0 N–H and O–H groups in total. The quantitative estimate of drug-likeness (QED) is 0.0197. The Morgan fingerprint density at radius 3 is 1.14 bits per heavy atom. The molecule has 0 aliphatic rings. The summed E-state index contributed by atoms with van der Waals surface area (Å²) in [5.41, 5.74) is 0. The molecule has 2 atom stereocenters. The summed E-state index contributed by atoms with van der Waals surface area (Å²) >= 11 is 0. The van der Waals surface area contributed by atoms with Crippen LogP contribution in [0.4, 0.5) is 0 Å². The van der Waals surface area contributed by atoms with Crippen LogP contribution in [-0.2, 0) is 27.9 Å². The Hall–Kier alpha value is -1.54. The van der Waals surface area contributed by atoms with Crippen LogP contribution < -0.4 is 4.89 Å². The fourth-order valence-electron chi connectivity index (χ4n) is 8.67. The molecule has 0 aliphatic carbocycles. The fraction of sp³-hybridized carbons (Fsp3) is 0.855. The SMILES string of the molecule is CCCCCCC/C=C\C/C=C\CCCCCCCCCCCCCCCC(=O)OC(COCCCCCCCCCCCCCC/C=C\C/C=C\CCCCCCC)COP(=O)([O-])OCC[N+](C)(C)C. The second-order valence-corrected chi connectivity index (χ2v) is 23.1. The van der Waals surface area contributed by atoms with Crippen molar-refractivity contribution in [2.24, 2.45) is 0 Å². The van der Waals surface area contributed by atoms with Crippen molar-refractivity contribution in [1.29, 1.82) is 0 Å². The number of likely N-dealkylation sites (N-methyl/N-ethyl adjacent to an activating group) is 1. The first kappa shape index (κ1) is 69.5. The predicted octanol–water partition coefficient (Wildman–Crippen LogP) is 18.8. The summed E-state index contributed by atoms with van der Waals surface area (Å²) < 4.78 is 34.9. The smallest absolute Gasteiger partial charge is 0.306 e. The molecule has 0 amide bonds. The number of carbonyl (C=O) groups excluding carboxylic acids is 1. The lowest BCUT2D eigenvalue weighted by molar-refractivity contribution is -0.870. The average Bonchev–Trinajstić information content (AvgIpc) is 3.33. The number of carbonyl (C=O) groups is 1. The molecule has 8 nitrogen and oxygen atoms in total. The Kier molecular flexibility index (Phi) is 53.5. The standard InChI is InChI=1S/C62H118NO7P/c1-6-8-10-12-14-16-18-20-22-24-26-28-30-32-33-35-37-39-41-43-45-47-49-51-53-55-62(64)70-61(60-69-71(65,66)68-58-56-63(3,4)5)59-67-57-54-52-50-48-46-44-42-40-38-36-34-31-29-27-25-23-21-19-17-15-13-11-9-7-2/h18-21,24-27,61H,6-17,22-23,28-60H2,1-5H3/b20-18-,21-19-,26-24-,27-25-. The zero-order valence-corrected chi connectivity index (χ0v) is 48.6. The van der Waals surface area contributed by atoms with Crippen LogP contribution in [0.1, 0.15) is 284 Å². The molecule has 0 radical (unpaired) electrons. The van der Waals surface area contributed by atoms with Crippen LogP contribution in [0.25, 0.3) is 0 Å². The summed E-state index contributed by atoms with van der Waals surface area (Å²) in [6, 6.07) is 0. The van der Waals surface area contributed by atoms with Gasteiger partial charge in [0.05, 0.1) is 34.4 Å². The van der Waals surface area contributed by atoms with E-state index < -0.39 is 13.9 Å². The third-order valence-corrected chi connectivity index (χ3v) is 14.3. The molecular formula is C62H118NO7P. The summed E-state index contributed by atoms with van der Waals surface area (Å²) in [5.74, 6) is -0.331. The first-order valence-electron chi connectivity index (χ1n) is 30.4. The van der Waals surface area contributed by atoms with E-state index in [9.17, 15) is 14.3 Å². The minimum Gasteiger partial charge on any atom is -0.756 e. The summed E-state index contributed by atoms with van der Waals surface area (Å²) in [6.07, 6.45) is 70.1. The maximum Gasteiger partial charge on any atom is 0.306 e. The Bertz CT molecular complexity index is 1280. The van der Waals surface area contributed by atoms with E-state index in [1.54, 1.807) is 0 Å². The van der Waals surface area contributed by atoms with E-state index in [4.69, 9.17) is 18.5 Å². The Balaban J connectivity index is 4.04. The Morgan fingerprint density at radius 1 is 0.437 bits per heavy atom. The van der Waals surface area contributed by atoms with Crippen molar-refractivity contribution in [3.8, 4) is 0 Å². The van der Waals surface area contributed by atoms with E-state index in [1.807, 2.05) is 21.1 Å². The number of ether oxygens (including phenoxy) is 2. The first-order chi connectivity index (χ1) is 34.6. The lowest BCUT2D eigenvalue weighted by Crippen LogP contribution is -2.37. The molecule has 2 unspecified atom stereocenters. The average molecular weight is 1020 g/mol. The molecule has 0 spiro atoms. The minimum absolute atomic E-state index is 0.0259. The Labute approximate surface area is 441 Å². The maximum atomic E-state index is 12.8. The van der Waals surface area contributed by atoms with Crippen LogP contribution in [0.2, 0.25) is 0 Å². The largest absolute Gasteiger partial charge is 0.756 e. The molecule has 0 aliphatic heterocycles. The van der Waals surface area contributed by atoms with Gasteiger partial charge in [0.25, 0.3) is 7.82 Å². The lowest BCUT2D eigenvalue weighted by Gasteiger charge is -2.28. The monoisotopic (exact) mass is 1020 g/mol. The molecule has 0 rings (SSSR count). The molecule has 9 heteroatoms. The van der Waals surface area contributed by atoms with Gasteiger partial charge in [0.15, 0.2) is 0 Å². The number of unbranched alkanes of at least 4 members (excludes halogenated alkanes) is 35. The van der Waals surface area contributed by atoms with Crippen LogP contribution in [0.5, 0.6) is 0 Å². The molecule has 0 saturated heterocycles. The number of hydrogen-bond donors (Lipinski definition) is 0. The van der Waals surface area contributed by atoms with Crippen LogP contribution >= 0.6 is 7.82 Å². The number of quaternary nitrogens is 1. The van der Waals surface area contributed by atoms with E-state index in [1.165, 1.54) is 218 Å². The number of nitrogens with zero attached hydrogens (tertiary/aromatic N) is 1. The second kappa shape index (κ2) is 54.7. The van der Waals surface area contributed by atoms with Crippen LogP contribution in [0.3, 0.4) is 0 Å². The summed E-state index contributed by atoms with van der Waals surface area (Å²) in [5, 5.41) is 0. The third-order valence-electron chi connectivity index (χ3n) is 13.4. The highest BCUT2D eigenvalue weighted by Gasteiger charge is 2.20. The predicted molar refractivity (Wildman–Crippen MR) is 305 cm³/mol. The van der Waals surface area contributed by atoms with Crippen LogP contribution in [-0.4, -0.2) is 70.7 Å². The van der Waals surface area contributed by atoms with Gasteiger partial charge in [-0.15, -0.1) is 0 Å². The van der Waals surface area contributed by atoms with Crippen molar-refractivity contribution in [3.63, 3.8) is 0 Å². The number of esters is 1. The van der Waals surface area contributed by atoms with Gasteiger partial charge in [-0.25, -0.2) is 0 Å². The van der Waals surface area contributed by atoms with Gasteiger partial charge in [0, 0.05) is 13.0 Å². The molecule has 0 aromatic heterocycles. The summed E-state index contributed by atoms with van der Waals surface area (Å²) in [4.78, 5) is 25.3. The number of rotatable bonds is 57. The molecule has 0 saturated carbocycles. The normalized spacial score (nSPS) is 13.7.